The zero-order valence-electron chi connectivity index (χ0n) is 19.2. The Balaban J connectivity index is 1.14. The van der Waals surface area contributed by atoms with Gasteiger partial charge in [-0.3, -0.25) is 19.7 Å². The Bertz CT molecular complexity index is 1370. The molecule has 3 aromatic rings. The third-order valence-corrected chi connectivity index (χ3v) is 7.16. The van der Waals surface area contributed by atoms with Crippen LogP contribution in [0.25, 0.3) is 11.0 Å². The number of amides is 3. The van der Waals surface area contributed by atoms with Crippen LogP contribution in [0.5, 0.6) is 0 Å². The van der Waals surface area contributed by atoms with Crippen molar-refractivity contribution in [3.63, 3.8) is 0 Å². The molecule has 2 aromatic carbocycles. The molecule has 8 nitrogen and oxygen atoms in total. The summed E-state index contributed by atoms with van der Waals surface area (Å²) in [6.45, 7) is 2.11. The van der Waals surface area contributed by atoms with Gasteiger partial charge in [0.1, 0.15) is 6.04 Å². The van der Waals surface area contributed by atoms with Gasteiger partial charge in [0.05, 0.1) is 11.0 Å². The zero-order chi connectivity index (χ0) is 23.9. The molecule has 0 aliphatic carbocycles. The summed E-state index contributed by atoms with van der Waals surface area (Å²) in [6, 6.07) is 13.0. The topological polar surface area (TPSA) is 98.4 Å². The first-order valence-corrected chi connectivity index (χ1v) is 12.0. The number of nitrogens with zero attached hydrogens (tertiary/aromatic N) is 3. The summed E-state index contributed by atoms with van der Waals surface area (Å²) in [5.74, 6) is 7.09. The number of piperidine rings is 2. The van der Waals surface area contributed by atoms with Crippen LogP contribution >= 0.6 is 0 Å². The summed E-state index contributed by atoms with van der Waals surface area (Å²) in [6.07, 6.45) is 2.49. The van der Waals surface area contributed by atoms with E-state index in [1.54, 1.807) is 11.0 Å². The monoisotopic (exact) mass is 467 g/mol. The van der Waals surface area contributed by atoms with Crippen molar-refractivity contribution < 1.29 is 14.4 Å². The van der Waals surface area contributed by atoms with Crippen molar-refractivity contribution in [3.8, 4) is 11.8 Å². The van der Waals surface area contributed by atoms with E-state index in [4.69, 9.17) is 4.98 Å². The molecule has 8 heteroatoms. The fraction of sp³-hybridized carbons (Fsp3) is 0.333. The van der Waals surface area contributed by atoms with E-state index in [0.717, 1.165) is 54.0 Å². The van der Waals surface area contributed by atoms with E-state index in [0.29, 0.717) is 18.5 Å². The third-order valence-electron chi connectivity index (χ3n) is 7.16. The van der Waals surface area contributed by atoms with Crippen LogP contribution in [-0.2, 0) is 16.1 Å². The number of hydrogen-bond acceptors (Lipinski definition) is 5. The van der Waals surface area contributed by atoms with Gasteiger partial charge in [-0.1, -0.05) is 30.0 Å². The van der Waals surface area contributed by atoms with Gasteiger partial charge in [-0.25, -0.2) is 4.98 Å². The lowest BCUT2D eigenvalue weighted by Crippen LogP contribution is -2.52. The number of carbonyl (C=O) groups is 3. The van der Waals surface area contributed by atoms with E-state index >= 15 is 0 Å². The SMILES string of the molecule is O=C1CCC(N2Cc3c(C#CC4CCN(c5nc6ccccc6[nH]5)CC4)cccc3C2=O)C(=O)N1. The predicted molar refractivity (Wildman–Crippen MR) is 130 cm³/mol. The second-order valence-electron chi connectivity index (χ2n) is 9.34. The summed E-state index contributed by atoms with van der Waals surface area (Å²) < 4.78 is 0. The molecular weight excluding hydrogens is 442 g/mol. The number of carbonyl (C=O) groups excluding carboxylic acids is 3. The maximum absolute atomic E-state index is 13.0. The third kappa shape index (κ3) is 3.93. The van der Waals surface area contributed by atoms with E-state index in [-0.39, 0.29) is 24.2 Å². The van der Waals surface area contributed by atoms with Gasteiger partial charge in [0.25, 0.3) is 5.91 Å². The van der Waals surface area contributed by atoms with Gasteiger partial charge < -0.3 is 14.8 Å². The number of para-hydroxylation sites is 2. The number of nitrogens with one attached hydrogen (secondary N) is 2. The second-order valence-corrected chi connectivity index (χ2v) is 9.34. The first-order chi connectivity index (χ1) is 17.1. The van der Waals surface area contributed by atoms with E-state index in [1.165, 1.54) is 0 Å². The Kier molecular flexibility index (Phi) is 5.25. The first-order valence-electron chi connectivity index (χ1n) is 12.0. The molecule has 4 heterocycles. The molecule has 1 aromatic heterocycles. The number of imidazole rings is 1. The number of aromatic amines is 1. The van der Waals surface area contributed by atoms with Gasteiger partial charge in [0.2, 0.25) is 17.8 Å². The maximum atomic E-state index is 13.0. The van der Waals surface area contributed by atoms with E-state index in [9.17, 15) is 14.4 Å². The predicted octanol–water partition coefficient (Wildman–Crippen LogP) is 2.59. The number of rotatable bonds is 2. The molecule has 0 saturated carbocycles. The molecule has 1 unspecified atom stereocenters. The fourth-order valence-electron chi connectivity index (χ4n) is 5.21. The van der Waals surface area contributed by atoms with Crippen molar-refractivity contribution >= 4 is 34.7 Å². The molecule has 0 bridgehead atoms. The van der Waals surface area contributed by atoms with Crippen LogP contribution in [0.15, 0.2) is 42.5 Å². The summed E-state index contributed by atoms with van der Waals surface area (Å²) >= 11 is 0. The van der Waals surface area contributed by atoms with Gasteiger partial charge in [-0.05, 0) is 49.1 Å². The number of anilines is 1. The minimum atomic E-state index is -0.615. The summed E-state index contributed by atoms with van der Waals surface area (Å²) in [4.78, 5) is 48.8. The number of imide groups is 1. The van der Waals surface area contributed by atoms with Crippen LogP contribution in [0.1, 0.15) is 47.2 Å². The molecule has 35 heavy (non-hydrogen) atoms. The van der Waals surface area contributed by atoms with E-state index in [1.807, 2.05) is 36.4 Å². The van der Waals surface area contributed by atoms with Gasteiger partial charge >= 0.3 is 0 Å². The Morgan fingerprint density at radius 1 is 0.971 bits per heavy atom. The van der Waals surface area contributed by atoms with E-state index < -0.39 is 11.9 Å². The molecule has 2 fully saturated rings. The first kappa shape index (κ1) is 21.4. The zero-order valence-corrected chi connectivity index (χ0v) is 19.2. The largest absolute Gasteiger partial charge is 0.342 e. The van der Waals surface area contributed by atoms with Crippen LogP contribution in [0.2, 0.25) is 0 Å². The number of fused-ring (bicyclic) bond motifs is 2. The molecule has 0 radical (unpaired) electrons. The highest BCUT2D eigenvalue weighted by molar-refractivity contribution is 6.05. The highest BCUT2D eigenvalue weighted by Gasteiger charge is 2.39. The van der Waals surface area contributed by atoms with E-state index in [2.05, 4.69) is 27.0 Å². The lowest BCUT2D eigenvalue weighted by molar-refractivity contribution is -0.136. The van der Waals surface area contributed by atoms with Crippen molar-refractivity contribution in [1.29, 1.82) is 0 Å². The molecule has 3 aliphatic rings. The smallest absolute Gasteiger partial charge is 0.255 e. The molecule has 6 rings (SSSR count). The Morgan fingerprint density at radius 3 is 2.60 bits per heavy atom. The quantitative estimate of drug-likeness (QED) is 0.446. The van der Waals surface area contributed by atoms with Crippen molar-refractivity contribution in [2.75, 3.05) is 18.0 Å². The fourth-order valence-corrected chi connectivity index (χ4v) is 5.21. The molecule has 0 spiro atoms. The highest BCUT2D eigenvalue weighted by Crippen LogP contribution is 2.30. The lowest BCUT2D eigenvalue weighted by Gasteiger charge is -2.29. The maximum Gasteiger partial charge on any atom is 0.255 e. The second kappa shape index (κ2) is 8.58. The van der Waals surface area contributed by atoms with Crippen LogP contribution in [0, 0.1) is 17.8 Å². The van der Waals surface area contributed by atoms with Gasteiger partial charge in [0.15, 0.2) is 0 Å². The van der Waals surface area contributed by atoms with Gasteiger partial charge in [-0.15, -0.1) is 0 Å². The number of benzene rings is 2. The molecule has 2 saturated heterocycles. The van der Waals surface area contributed by atoms with Crippen molar-refractivity contribution in [2.24, 2.45) is 5.92 Å². The average molecular weight is 468 g/mol. The minimum absolute atomic E-state index is 0.169. The minimum Gasteiger partial charge on any atom is -0.342 e. The van der Waals surface area contributed by atoms with Crippen molar-refractivity contribution in [3.05, 3.63) is 59.2 Å². The Hall–Kier alpha value is -4.12. The summed E-state index contributed by atoms with van der Waals surface area (Å²) in [7, 11) is 0. The molecule has 3 aliphatic heterocycles. The molecule has 176 valence electrons. The Labute approximate surface area is 202 Å². The Morgan fingerprint density at radius 2 is 1.80 bits per heavy atom. The van der Waals surface area contributed by atoms with Crippen LogP contribution in [-0.4, -0.2) is 51.7 Å². The number of H-pyrrole nitrogens is 1. The summed E-state index contributed by atoms with van der Waals surface area (Å²) in [5, 5.41) is 2.35. The standard InChI is InChI=1S/C27H25N5O3/c33-24-11-10-23(25(34)30-24)32-16-20-18(4-3-5-19(20)26(32)35)9-8-17-12-14-31(15-13-17)27-28-21-6-1-2-7-22(21)29-27/h1-7,17,23H,10-16H2,(H,28,29)(H,30,33,34). The number of hydrogen-bond donors (Lipinski definition) is 2. The summed E-state index contributed by atoms with van der Waals surface area (Å²) in [5.41, 5.74) is 4.33. The molecular formula is C27H25N5O3. The van der Waals surface area contributed by atoms with Crippen LogP contribution in [0.4, 0.5) is 5.95 Å². The highest BCUT2D eigenvalue weighted by atomic mass is 16.2. The average Bonchev–Trinajstić information content (AvgIpc) is 3.45. The molecule has 1 atom stereocenters. The lowest BCUT2D eigenvalue weighted by atomic mass is 9.96. The van der Waals surface area contributed by atoms with Gasteiger partial charge in [-0.2, -0.15) is 0 Å². The van der Waals surface area contributed by atoms with Gasteiger partial charge in [0, 0.05) is 43.1 Å². The van der Waals surface area contributed by atoms with Crippen molar-refractivity contribution in [2.45, 2.75) is 38.3 Å². The number of aromatic nitrogens is 2. The van der Waals surface area contributed by atoms with Crippen LogP contribution < -0.4 is 10.2 Å². The van der Waals surface area contributed by atoms with Crippen molar-refractivity contribution in [1.82, 2.24) is 20.2 Å². The molecule has 3 amide bonds. The van der Waals surface area contributed by atoms with Crippen LogP contribution in [0.3, 0.4) is 0 Å². The molecule has 2 N–H and O–H groups in total. The normalized spacial score (nSPS) is 20.6.